The highest BCUT2D eigenvalue weighted by atomic mass is 16.5. The van der Waals surface area contributed by atoms with Gasteiger partial charge in [0.25, 0.3) is 0 Å². The van der Waals surface area contributed by atoms with Gasteiger partial charge < -0.3 is 9.76 Å². The Morgan fingerprint density at radius 3 is 2.64 bits per heavy atom. The first-order chi connectivity index (χ1) is 5.29. The van der Waals surface area contributed by atoms with Gasteiger partial charge in [0.05, 0.1) is 6.04 Å². The maximum atomic E-state index is 8.79. The summed E-state index contributed by atoms with van der Waals surface area (Å²) in [6, 6.07) is 0.262. The van der Waals surface area contributed by atoms with E-state index in [0.29, 0.717) is 0 Å². The fraction of sp³-hybridized carbons (Fsp3) is 1.00. The molecule has 0 saturated carbocycles. The molecule has 0 spiro atoms. The summed E-state index contributed by atoms with van der Waals surface area (Å²) in [5.74, 6) is 0. The summed E-state index contributed by atoms with van der Waals surface area (Å²) in [6.07, 6.45) is 1.85. The van der Waals surface area contributed by atoms with Gasteiger partial charge in [-0.05, 0) is 19.7 Å². The van der Waals surface area contributed by atoms with Crippen molar-refractivity contribution in [3.63, 3.8) is 0 Å². The van der Waals surface area contributed by atoms with Gasteiger partial charge in [0, 0.05) is 13.2 Å². The predicted octanol–water partition coefficient (Wildman–Crippen LogP) is 0.728. The SMILES string of the molecule is CB(O)N=NC1CCOCC1. The Labute approximate surface area is 66.8 Å². The van der Waals surface area contributed by atoms with Gasteiger partial charge in [-0.3, -0.25) is 0 Å². The Morgan fingerprint density at radius 2 is 2.09 bits per heavy atom. The average Bonchev–Trinajstić information content (AvgIpc) is 2.03. The van der Waals surface area contributed by atoms with Gasteiger partial charge in [-0.1, -0.05) is 0 Å². The number of hydrogen-bond acceptors (Lipinski definition) is 4. The smallest absolute Gasteiger partial charge is 0.430 e. The molecule has 1 N–H and O–H groups in total. The zero-order valence-corrected chi connectivity index (χ0v) is 6.73. The van der Waals surface area contributed by atoms with Crippen molar-refractivity contribution in [2.45, 2.75) is 25.7 Å². The zero-order valence-electron chi connectivity index (χ0n) is 6.73. The van der Waals surface area contributed by atoms with Gasteiger partial charge in [0.15, 0.2) is 0 Å². The summed E-state index contributed by atoms with van der Waals surface area (Å²) in [5, 5.41) is 16.4. The van der Waals surface area contributed by atoms with Crippen LogP contribution in [0.2, 0.25) is 6.82 Å². The molecule has 1 rings (SSSR count). The molecule has 0 aliphatic carbocycles. The third-order valence-electron chi connectivity index (χ3n) is 1.59. The Morgan fingerprint density at radius 1 is 1.45 bits per heavy atom. The van der Waals surface area contributed by atoms with Crippen molar-refractivity contribution in [2.75, 3.05) is 13.2 Å². The molecule has 1 saturated heterocycles. The summed E-state index contributed by atoms with van der Waals surface area (Å²) in [5.41, 5.74) is 0. The van der Waals surface area contributed by atoms with Crippen LogP contribution in [-0.2, 0) is 4.74 Å². The van der Waals surface area contributed by atoms with Gasteiger partial charge in [0.2, 0.25) is 0 Å². The summed E-state index contributed by atoms with van der Waals surface area (Å²) < 4.78 is 5.14. The number of hydrogen-bond donors (Lipinski definition) is 1. The second-order valence-corrected chi connectivity index (χ2v) is 2.71. The topological polar surface area (TPSA) is 54.2 Å². The van der Waals surface area contributed by atoms with Crippen molar-refractivity contribution < 1.29 is 9.76 Å². The predicted molar refractivity (Wildman–Crippen MR) is 42.5 cm³/mol. The van der Waals surface area contributed by atoms with Crippen LogP contribution in [0.4, 0.5) is 0 Å². The van der Waals surface area contributed by atoms with Crippen LogP contribution in [-0.4, -0.2) is 31.3 Å². The summed E-state index contributed by atoms with van der Waals surface area (Å²) in [4.78, 5) is 0. The van der Waals surface area contributed by atoms with Crippen LogP contribution >= 0.6 is 0 Å². The molecule has 0 bridgehead atoms. The van der Waals surface area contributed by atoms with Crippen molar-refractivity contribution >= 4 is 7.05 Å². The van der Waals surface area contributed by atoms with Crippen LogP contribution in [0.1, 0.15) is 12.8 Å². The molecule has 5 heteroatoms. The van der Waals surface area contributed by atoms with Gasteiger partial charge in [-0.25, -0.2) is 10.1 Å². The van der Waals surface area contributed by atoms with E-state index in [0.717, 1.165) is 26.1 Å². The number of nitrogens with zero attached hydrogens (tertiary/aromatic N) is 2. The summed E-state index contributed by atoms with van der Waals surface area (Å²) in [6.45, 7) is 3.13. The molecule has 4 nitrogen and oxygen atoms in total. The van der Waals surface area contributed by atoms with Gasteiger partial charge in [-0.15, -0.1) is 0 Å². The molecule has 0 amide bonds. The Balaban J connectivity index is 2.23. The van der Waals surface area contributed by atoms with Gasteiger partial charge >= 0.3 is 7.05 Å². The quantitative estimate of drug-likeness (QED) is 0.473. The molecule has 0 radical (unpaired) electrons. The summed E-state index contributed by atoms with van der Waals surface area (Å²) >= 11 is 0. The Bertz CT molecular complexity index is 135. The fourth-order valence-corrected chi connectivity index (χ4v) is 0.991. The van der Waals surface area contributed by atoms with E-state index in [1.807, 2.05) is 0 Å². The van der Waals surface area contributed by atoms with Crippen LogP contribution in [0.15, 0.2) is 10.1 Å². The molecule has 1 heterocycles. The first kappa shape index (κ1) is 8.68. The van der Waals surface area contributed by atoms with Gasteiger partial charge in [0.1, 0.15) is 0 Å². The molecular weight excluding hydrogens is 143 g/mol. The molecule has 0 aromatic carbocycles. The lowest BCUT2D eigenvalue weighted by atomic mass is 9.92. The molecule has 11 heavy (non-hydrogen) atoms. The van der Waals surface area contributed by atoms with Crippen LogP contribution < -0.4 is 0 Å². The summed E-state index contributed by atoms with van der Waals surface area (Å²) in [7, 11) is -0.669. The van der Waals surface area contributed by atoms with E-state index < -0.39 is 7.05 Å². The minimum atomic E-state index is -0.669. The lowest BCUT2D eigenvalue weighted by Gasteiger charge is -2.16. The molecule has 0 aromatic rings. The molecular formula is C6H13BN2O2. The first-order valence-corrected chi connectivity index (χ1v) is 3.95. The maximum Gasteiger partial charge on any atom is 0.450 e. The minimum absolute atomic E-state index is 0.262. The largest absolute Gasteiger partial charge is 0.450 e. The maximum absolute atomic E-state index is 8.79. The van der Waals surface area contributed by atoms with Crippen LogP contribution in [0.25, 0.3) is 0 Å². The van der Waals surface area contributed by atoms with Crippen LogP contribution in [0.3, 0.4) is 0 Å². The third kappa shape index (κ3) is 3.48. The van der Waals surface area contributed by atoms with Crippen molar-refractivity contribution in [3.8, 4) is 0 Å². The van der Waals surface area contributed by atoms with Crippen molar-refractivity contribution in [1.29, 1.82) is 0 Å². The van der Waals surface area contributed by atoms with E-state index in [1.165, 1.54) is 0 Å². The number of ether oxygens (including phenoxy) is 1. The van der Waals surface area contributed by atoms with E-state index in [1.54, 1.807) is 6.82 Å². The van der Waals surface area contributed by atoms with E-state index in [9.17, 15) is 0 Å². The highest BCUT2D eigenvalue weighted by molar-refractivity contribution is 6.45. The van der Waals surface area contributed by atoms with Crippen LogP contribution in [0, 0.1) is 0 Å². The molecule has 1 aliphatic rings. The molecule has 0 atom stereocenters. The van der Waals surface area contributed by atoms with Crippen molar-refractivity contribution in [1.82, 2.24) is 0 Å². The second-order valence-electron chi connectivity index (χ2n) is 2.71. The third-order valence-corrected chi connectivity index (χ3v) is 1.59. The minimum Gasteiger partial charge on any atom is -0.430 e. The van der Waals surface area contributed by atoms with Crippen molar-refractivity contribution in [3.05, 3.63) is 0 Å². The van der Waals surface area contributed by atoms with E-state index >= 15 is 0 Å². The monoisotopic (exact) mass is 156 g/mol. The molecule has 62 valence electrons. The lowest BCUT2D eigenvalue weighted by Crippen LogP contribution is -2.18. The highest BCUT2D eigenvalue weighted by Gasteiger charge is 2.12. The lowest BCUT2D eigenvalue weighted by molar-refractivity contribution is 0.0858. The van der Waals surface area contributed by atoms with Crippen LogP contribution in [0.5, 0.6) is 0 Å². The van der Waals surface area contributed by atoms with E-state index in [-0.39, 0.29) is 6.04 Å². The molecule has 1 fully saturated rings. The molecule has 1 aliphatic heterocycles. The standard InChI is InChI=1S/C6H13BN2O2/c1-7(10)9-8-6-2-4-11-5-3-6/h6,10H,2-5H2,1H3. The Kier molecular flexibility index (Phi) is 3.52. The first-order valence-electron chi connectivity index (χ1n) is 3.95. The Hall–Kier alpha value is -0.415. The second kappa shape index (κ2) is 4.46. The average molecular weight is 156 g/mol. The molecule has 0 unspecified atom stereocenters. The van der Waals surface area contributed by atoms with Crippen molar-refractivity contribution in [2.24, 2.45) is 10.1 Å². The fourth-order valence-electron chi connectivity index (χ4n) is 0.991. The number of rotatable bonds is 2. The van der Waals surface area contributed by atoms with E-state index in [4.69, 9.17) is 9.76 Å². The highest BCUT2D eigenvalue weighted by Crippen LogP contribution is 2.10. The van der Waals surface area contributed by atoms with E-state index in [2.05, 4.69) is 10.1 Å². The normalized spacial score (nSPS) is 20.9. The zero-order chi connectivity index (χ0) is 8.10. The molecule has 0 aromatic heterocycles. The van der Waals surface area contributed by atoms with Gasteiger partial charge in [-0.2, -0.15) is 0 Å².